The maximum atomic E-state index is 12.7. The van der Waals surface area contributed by atoms with Crippen LogP contribution in [0, 0.1) is 23.7 Å². The van der Waals surface area contributed by atoms with Crippen molar-refractivity contribution in [3.8, 4) is 0 Å². The van der Waals surface area contributed by atoms with Gasteiger partial charge in [-0.1, -0.05) is 22.8 Å². The molecule has 24 heavy (non-hydrogen) atoms. The predicted octanol–water partition coefficient (Wildman–Crippen LogP) is 3.69. The smallest absolute Gasteiger partial charge is 0.307 e. The summed E-state index contributed by atoms with van der Waals surface area (Å²) in [7, 11) is 0. The number of aliphatic carboxylic acids is 1. The minimum Gasteiger partial charge on any atom is -0.481 e. The summed E-state index contributed by atoms with van der Waals surface area (Å²) >= 11 is 0. The van der Waals surface area contributed by atoms with Crippen LogP contribution in [-0.2, 0) is 9.59 Å². The zero-order valence-corrected chi connectivity index (χ0v) is 14.8. The molecule has 2 N–H and O–H groups in total. The molecule has 3 aliphatic rings. The average Bonchev–Trinajstić information content (AvgIpc) is 3.11. The number of rotatable bonds is 5. The fraction of sp³-hybridized carbons (Fsp3) is 0.700. The third-order valence-corrected chi connectivity index (χ3v) is 6.14. The molecule has 0 aromatic carbocycles. The lowest BCUT2D eigenvalue weighted by molar-refractivity contribution is -0.149. The van der Waals surface area contributed by atoms with E-state index in [1.165, 1.54) is 29.6 Å². The lowest BCUT2D eigenvalue weighted by Gasteiger charge is -2.26. The standard InChI is InChI=1S/C20H29NO3/c1-12(2)16-14-8-9-15(16)18(20(23)24)17(14)19(22)21-11-10-13-6-4-3-5-7-13/h6,14-15,17-18H,3-5,7-11H2,1-2H3,(H,21,22)(H,23,24)/t14-,15+,17-,18-/m1/s1. The van der Waals surface area contributed by atoms with Crippen molar-refractivity contribution in [3.05, 3.63) is 22.8 Å². The van der Waals surface area contributed by atoms with E-state index in [0.29, 0.717) is 6.54 Å². The van der Waals surface area contributed by atoms with Crippen molar-refractivity contribution < 1.29 is 14.7 Å². The third kappa shape index (κ3) is 3.15. The van der Waals surface area contributed by atoms with Crippen LogP contribution in [0.4, 0.5) is 0 Å². The molecule has 0 spiro atoms. The van der Waals surface area contributed by atoms with Gasteiger partial charge < -0.3 is 10.4 Å². The van der Waals surface area contributed by atoms with Gasteiger partial charge in [0.25, 0.3) is 0 Å². The highest BCUT2D eigenvalue weighted by molar-refractivity contribution is 5.87. The molecule has 3 rings (SSSR count). The van der Waals surface area contributed by atoms with E-state index in [9.17, 15) is 14.7 Å². The number of hydrogen-bond acceptors (Lipinski definition) is 2. The molecule has 0 radical (unpaired) electrons. The van der Waals surface area contributed by atoms with Crippen LogP contribution in [-0.4, -0.2) is 23.5 Å². The van der Waals surface area contributed by atoms with Crippen molar-refractivity contribution in [2.75, 3.05) is 6.54 Å². The van der Waals surface area contributed by atoms with Crippen LogP contribution in [0.15, 0.2) is 22.8 Å². The lowest BCUT2D eigenvalue weighted by Crippen LogP contribution is -2.41. The maximum Gasteiger partial charge on any atom is 0.307 e. The van der Waals surface area contributed by atoms with Gasteiger partial charge in [-0.25, -0.2) is 0 Å². The van der Waals surface area contributed by atoms with E-state index in [1.807, 2.05) is 0 Å². The number of amides is 1. The van der Waals surface area contributed by atoms with Crippen LogP contribution in [0.2, 0.25) is 0 Å². The number of allylic oxidation sites excluding steroid dienone is 3. The van der Waals surface area contributed by atoms with E-state index in [4.69, 9.17) is 0 Å². The molecule has 0 saturated heterocycles. The van der Waals surface area contributed by atoms with Crippen LogP contribution in [0.1, 0.15) is 58.8 Å². The Bertz CT molecular complexity index is 586. The molecule has 4 heteroatoms. The van der Waals surface area contributed by atoms with Gasteiger partial charge in [0.15, 0.2) is 0 Å². The molecule has 3 aliphatic carbocycles. The number of carbonyl (C=O) groups is 2. The number of hydrogen-bond donors (Lipinski definition) is 2. The zero-order valence-electron chi connectivity index (χ0n) is 14.8. The number of carbonyl (C=O) groups excluding carboxylic acids is 1. The van der Waals surface area contributed by atoms with E-state index >= 15 is 0 Å². The minimum absolute atomic E-state index is 0.0511. The van der Waals surface area contributed by atoms with Crippen molar-refractivity contribution in [2.45, 2.75) is 58.8 Å². The van der Waals surface area contributed by atoms with Gasteiger partial charge >= 0.3 is 5.97 Å². The fourth-order valence-corrected chi connectivity index (χ4v) is 5.20. The van der Waals surface area contributed by atoms with Gasteiger partial charge in [-0.05, 0) is 70.6 Å². The molecule has 0 heterocycles. The van der Waals surface area contributed by atoms with Gasteiger partial charge in [0.2, 0.25) is 5.91 Å². The number of carboxylic acid groups (broad SMARTS) is 1. The zero-order chi connectivity index (χ0) is 17.3. The number of carboxylic acids is 1. The first kappa shape index (κ1) is 17.2. The maximum absolute atomic E-state index is 12.7. The highest BCUT2D eigenvalue weighted by atomic mass is 16.4. The van der Waals surface area contributed by atoms with E-state index in [0.717, 1.165) is 32.1 Å². The summed E-state index contributed by atoms with van der Waals surface area (Å²) in [6.45, 7) is 4.74. The van der Waals surface area contributed by atoms with Crippen LogP contribution >= 0.6 is 0 Å². The van der Waals surface area contributed by atoms with Gasteiger partial charge in [-0.3, -0.25) is 9.59 Å². The molecular weight excluding hydrogens is 302 g/mol. The fourth-order valence-electron chi connectivity index (χ4n) is 5.20. The van der Waals surface area contributed by atoms with E-state index in [2.05, 4.69) is 25.2 Å². The SMILES string of the molecule is CC(C)=C1[C@H]2CC[C@@H]1[C@@H](C(=O)O)[C@@H]2C(=O)NCCC1=CCCCC1. The summed E-state index contributed by atoms with van der Waals surface area (Å²) in [5.41, 5.74) is 3.89. The van der Waals surface area contributed by atoms with Gasteiger partial charge in [-0.15, -0.1) is 0 Å². The molecule has 4 atom stereocenters. The van der Waals surface area contributed by atoms with Crippen molar-refractivity contribution in [1.29, 1.82) is 0 Å². The molecule has 0 aliphatic heterocycles. The predicted molar refractivity (Wildman–Crippen MR) is 93.4 cm³/mol. The van der Waals surface area contributed by atoms with Gasteiger partial charge in [-0.2, -0.15) is 0 Å². The number of fused-ring (bicyclic) bond motifs is 2. The first-order valence-corrected chi connectivity index (χ1v) is 9.36. The minimum atomic E-state index is -0.809. The quantitative estimate of drug-likeness (QED) is 0.755. The highest BCUT2D eigenvalue weighted by Gasteiger charge is 2.57. The molecule has 0 aromatic rings. The molecular formula is C20H29NO3. The summed E-state index contributed by atoms with van der Waals surface area (Å²) < 4.78 is 0. The molecule has 2 bridgehead atoms. The first-order chi connectivity index (χ1) is 11.5. The summed E-state index contributed by atoms with van der Waals surface area (Å²) in [6.07, 6.45) is 9.89. The van der Waals surface area contributed by atoms with E-state index < -0.39 is 11.9 Å². The van der Waals surface area contributed by atoms with Gasteiger partial charge in [0, 0.05) is 6.54 Å². The molecule has 0 unspecified atom stereocenters. The van der Waals surface area contributed by atoms with Crippen LogP contribution in [0.5, 0.6) is 0 Å². The highest BCUT2D eigenvalue weighted by Crippen LogP contribution is 2.57. The van der Waals surface area contributed by atoms with Crippen molar-refractivity contribution in [3.63, 3.8) is 0 Å². The van der Waals surface area contributed by atoms with E-state index in [1.54, 1.807) is 0 Å². The van der Waals surface area contributed by atoms with Crippen molar-refractivity contribution in [2.24, 2.45) is 23.7 Å². The Balaban J connectivity index is 1.66. The molecule has 2 fully saturated rings. The molecule has 1 amide bonds. The summed E-state index contributed by atoms with van der Waals surface area (Å²) in [5.74, 6) is -1.58. The Morgan fingerprint density at radius 2 is 1.88 bits per heavy atom. The van der Waals surface area contributed by atoms with E-state index in [-0.39, 0.29) is 23.7 Å². The van der Waals surface area contributed by atoms with Crippen molar-refractivity contribution >= 4 is 11.9 Å². The second kappa shape index (κ2) is 7.12. The Morgan fingerprint density at radius 1 is 1.17 bits per heavy atom. The van der Waals surface area contributed by atoms with Crippen molar-refractivity contribution in [1.82, 2.24) is 5.32 Å². The van der Waals surface area contributed by atoms with Gasteiger partial charge in [0.1, 0.15) is 0 Å². The van der Waals surface area contributed by atoms with Crippen LogP contribution in [0.25, 0.3) is 0 Å². The lowest BCUT2D eigenvalue weighted by atomic mass is 9.78. The molecule has 132 valence electrons. The summed E-state index contributed by atoms with van der Waals surface area (Å²) in [6, 6.07) is 0. The van der Waals surface area contributed by atoms with Crippen LogP contribution in [0.3, 0.4) is 0 Å². The summed E-state index contributed by atoms with van der Waals surface area (Å²) in [4.78, 5) is 24.5. The van der Waals surface area contributed by atoms with Crippen LogP contribution < -0.4 is 5.32 Å². The topological polar surface area (TPSA) is 66.4 Å². The number of nitrogens with one attached hydrogen (secondary N) is 1. The molecule has 4 nitrogen and oxygen atoms in total. The normalized spacial score (nSPS) is 31.8. The largest absolute Gasteiger partial charge is 0.481 e. The first-order valence-electron chi connectivity index (χ1n) is 9.36. The molecule has 2 saturated carbocycles. The second-order valence-corrected chi connectivity index (χ2v) is 7.78. The molecule has 0 aromatic heterocycles. The Labute approximate surface area is 144 Å². The second-order valence-electron chi connectivity index (χ2n) is 7.78. The van der Waals surface area contributed by atoms with Gasteiger partial charge in [0.05, 0.1) is 11.8 Å². The summed E-state index contributed by atoms with van der Waals surface area (Å²) in [5, 5.41) is 12.7. The third-order valence-electron chi connectivity index (χ3n) is 6.14. The Kier molecular flexibility index (Phi) is 5.12. The average molecular weight is 331 g/mol. The monoisotopic (exact) mass is 331 g/mol. The Hall–Kier alpha value is -1.58. The Morgan fingerprint density at radius 3 is 2.46 bits per heavy atom.